The molecule has 2 heteroatoms. The molecule has 1 fully saturated rings. The summed E-state index contributed by atoms with van der Waals surface area (Å²) in [5.41, 5.74) is 0. The Bertz CT molecular complexity index is 83.0. The van der Waals surface area contributed by atoms with Crippen molar-refractivity contribution in [3.8, 4) is 0 Å². The lowest BCUT2D eigenvalue weighted by Gasteiger charge is -2.27. The zero-order chi connectivity index (χ0) is 6.69. The number of hydrogen-bond donors (Lipinski definition) is 0. The number of methoxy groups -OCH3 is 1. The van der Waals surface area contributed by atoms with Crippen LogP contribution in [0.4, 0.5) is 0 Å². The fourth-order valence-electron chi connectivity index (χ4n) is 1.12. The summed E-state index contributed by atoms with van der Waals surface area (Å²) in [4.78, 5) is 0. The van der Waals surface area contributed by atoms with Gasteiger partial charge in [0.1, 0.15) is 0 Å². The molecular weight excluding hydrogens is 116 g/mol. The van der Waals surface area contributed by atoms with Crippen LogP contribution in [0.3, 0.4) is 0 Å². The van der Waals surface area contributed by atoms with Gasteiger partial charge < -0.3 is 9.47 Å². The van der Waals surface area contributed by atoms with Gasteiger partial charge in [-0.15, -0.1) is 0 Å². The molecule has 1 heterocycles. The van der Waals surface area contributed by atoms with E-state index in [1.54, 1.807) is 7.11 Å². The predicted molar refractivity (Wildman–Crippen MR) is 35.4 cm³/mol. The van der Waals surface area contributed by atoms with Gasteiger partial charge in [-0.2, -0.15) is 0 Å². The molecule has 0 spiro atoms. The van der Waals surface area contributed by atoms with Gasteiger partial charge in [0.25, 0.3) is 0 Å². The molecule has 2 atom stereocenters. The van der Waals surface area contributed by atoms with Gasteiger partial charge in [-0.05, 0) is 12.3 Å². The van der Waals surface area contributed by atoms with E-state index in [0.717, 1.165) is 19.6 Å². The fourth-order valence-corrected chi connectivity index (χ4v) is 1.12. The van der Waals surface area contributed by atoms with Gasteiger partial charge in [-0.3, -0.25) is 0 Å². The maximum Gasteiger partial charge on any atom is 0.0830 e. The molecule has 0 bridgehead atoms. The molecule has 0 aromatic rings. The van der Waals surface area contributed by atoms with Crippen LogP contribution in [0, 0.1) is 5.92 Å². The second kappa shape index (κ2) is 3.18. The second-order valence-electron chi connectivity index (χ2n) is 2.62. The summed E-state index contributed by atoms with van der Waals surface area (Å²) >= 11 is 0. The average Bonchev–Trinajstić information content (AvgIpc) is 1.89. The van der Waals surface area contributed by atoms with Crippen molar-refractivity contribution in [1.82, 2.24) is 0 Å². The smallest absolute Gasteiger partial charge is 0.0830 e. The van der Waals surface area contributed by atoms with Crippen LogP contribution in [0.1, 0.15) is 13.3 Å². The van der Waals surface area contributed by atoms with Gasteiger partial charge in [0.2, 0.25) is 0 Å². The van der Waals surface area contributed by atoms with Crippen LogP contribution < -0.4 is 0 Å². The van der Waals surface area contributed by atoms with Gasteiger partial charge in [0.05, 0.1) is 12.7 Å². The maximum atomic E-state index is 5.22. The Balaban J connectivity index is 2.30. The van der Waals surface area contributed by atoms with Crippen LogP contribution in [0.5, 0.6) is 0 Å². The largest absolute Gasteiger partial charge is 0.379 e. The van der Waals surface area contributed by atoms with E-state index < -0.39 is 0 Å². The van der Waals surface area contributed by atoms with E-state index in [-0.39, 0.29) is 0 Å². The van der Waals surface area contributed by atoms with Crippen LogP contribution in [-0.4, -0.2) is 26.4 Å². The SMILES string of the molecule is COC1COCC[C@@H]1C. The second-order valence-corrected chi connectivity index (χ2v) is 2.62. The average molecular weight is 130 g/mol. The van der Waals surface area contributed by atoms with Crippen molar-refractivity contribution >= 4 is 0 Å². The third-order valence-corrected chi connectivity index (χ3v) is 1.94. The highest BCUT2D eigenvalue weighted by Gasteiger charge is 2.20. The topological polar surface area (TPSA) is 18.5 Å². The molecule has 1 aliphatic rings. The summed E-state index contributed by atoms with van der Waals surface area (Å²) in [6, 6.07) is 0. The van der Waals surface area contributed by atoms with Gasteiger partial charge in [-0.1, -0.05) is 6.92 Å². The molecule has 0 saturated carbocycles. The molecule has 9 heavy (non-hydrogen) atoms. The van der Waals surface area contributed by atoms with Crippen molar-refractivity contribution in [1.29, 1.82) is 0 Å². The normalized spacial score (nSPS) is 36.7. The van der Waals surface area contributed by atoms with Crippen LogP contribution in [-0.2, 0) is 9.47 Å². The zero-order valence-electron chi connectivity index (χ0n) is 6.09. The third kappa shape index (κ3) is 1.66. The monoisotopic (exact) mass is 130 g/mol. The molecule has 1 aliphatic heterocycles. The summed E-state index contributed by atoms with van der Waals surface area (Å²) < 4.78 is 10.4. The fraction of sp³-hybridized carbons (Fsp3) is 1.00. The first kappa shape index (κ1) is 7.03. The molecule has 0 N–H and O–H groups in total. The summed E-state index contributed by atoms with van der Waals surface area (Å²) in [5, 5.41) is 0. The highest BCUT2D eigenvalue weighted by Crippen LogP contribution is 2.16. The first-order chi connectivity index (χ1) is 4.34. The minimum Gasteiger partial charge on any atom is -0.379 e. The number of rotatable bonds is 1. The maximum absolute atomic E-state index is 5.22. The van der Waals surface area contributed by atoms with Crippen LogP contribution in [0.15, 0.2) is 0 Å². The first-order valence-electron chi connectivity index (χ1n) is 3.45. The Kier molecular flexibility index (Phi) is 2.49. The van der Waals surface area contributed by atoms with E-state index in [2.05, 4.69) is 6.92 Å². The van der Waals surface area contributed by atoms with Crippen molar-refractivity contribution in [2.75, 3.05) is 20.3 Å². The van der Waals surface area contributed by atoms with Gasteiger partial charge in [-0.25, -0.2) is 0 Å². The molecular formula is C7H14O2. The molecule has 1 saturated heterocycles. The van der Waals surface area contributed by atoms with E-state index in [0.29, 0.717) is 12.0 Å². The Morgan fingerprint density at radius 1 is 1.56 bits per heavy atom. The lowest BCUT2D eigenvalue weighted by Crippen LogP contribution is -2.31. The molecule has 2 nitrogen and oxygen atoms in total. The summed E-state index contributed by atoms with van der Waals surface area (Å²) in [6.07, 6.45) is 1.47. The highest BCUT2D eigenvalue weighted by atomic mass is 16.5. The Labute approximate surface area is 56.2 Å². The van der Waals surface area contributed by atoms with Gasteiger partial charge in [0.15, 0.2) is 0 Å². The van der Waals surface area contributed by atoms with Crippen LogP contribution in [0.25, 0.3) is 0 Å². The minimum atomic E-state index is 0.332. The quantitative estimate of drug-likeness (QED) is 0.528. The minimum absolute atomic E-state index is 0.332. The summed E-state index contributed by atoms with van der Waals surface area (Å²) in [6.45, 7) is 3.88. The summed E-state index contributed by atoms with van der Waals surface area (Å²) in [7, 11) is 1.75. The molecule has 0 aliphatic carbocycles. The van der Waals surface area contributed by atoms with Crippen LogP contribution in [0.2, 0.25) is 0 Å². The Morgan fingerprint density at radius 2 is 2.33 bits per heavy atom. The van der Waals surface area contributed by atoms with E-state index in [9.17, 15) is 0 Å². The molecule has 0 amide bonds. The first-order valence-corrected chi connectivity index (χ1v) is 3.45. The van der Waals surface area contributed by atoms with E-state index >= 15 is 0 Å². The number of hydrogen-bond acceptors (Lipinski definition) is 2. The zero-order valence-corrected chi connectivity index (χ0v) is 6.09. The Hall–Kier alpha value is -0.0800. The molecule has 0 aromatic carbocycles. The van der Waals surface area contributed by atoms with Crippen molar-refractivity contribution in [2.24, 2.45) is 5.92 Å². The van der Waals surface area contributed by atoms with Gasteiger partial charge in [0, 0.05) is 13.7 Å². The molecule has 0 aromatic heterocycles. The predicted octanol–water partition coefficient (Wildman–Crippen LogP) is 1.06. The van der Waals surface area contributed by atoms with Gasteiger partial charge >= 0.3 is 0 Å². The van der Waals surface area contributed by atoms with Crippen molar-refractivity contribution in [3.63, 3.8) is 0 Å². The lowest BCUT2D eigenvalue weighted by atomic mass is 10.00. The molecule has 54 valence electrons. The van der Waals surface area contributed by atoms with Crippen LogP contribution >= 0.6 is 0 Å². The lowest BCUT2D eigenvalue weighted by molar-refractivity contribution is -0.0600. The molecule has 1 unspecified atom stereocenters. The molecule has 1 rings (SSSR count). The third-order valence-electron chi connectivity index (χ3n) is 1.94. The van der Waals surface area contributed by atoms with Crippen molar-refractivity contribution in [2.45, 2.75) is 19.4 Å². The highest BCUT2D eigenvalue weighted by molar-refractivity contribution is 4.69. The Morgan fingerprint density at radius 3 is 2.78 bits per heavy atom. The van der Waals surface area contributed by atoms with E-state index in [1.165, 1.54) is 0 Å². The van der Waals surface area contributed by atoms with Crippen molar-refractivity contribution < 1.29 is 9.47 Å². The van der Waals surface area contributed by atoms with E-state index in [1.807, 2.05) is 0 Å². The molecule has 0 radical (unpaired) electrons. The van der Waals surface area contributed by atoms with Crippen molar-refractivity contribution in [3.05, 3.63) is 0 Å². The van der Waals surface area contributed by atoms with E-state index in [4.69, 9.17) is 9.47 Å². The standard InChI is InChI=1S/C7H14O2/c1-6-3-4-9-5-7(6)8-2/h6-7H,3-5H2,1-2H3/t6-,7?/m0/s1. The number of ether oxygens (including phenoxy) is 2. The summed E-state index contributed by atoms with van der Waals surface area (Å²) in [5.74, 6) is 0.670.